The summed E-state index contributed by atoms with van der Waals surface area (Å²) in [7, 11) is 0. The third kappa shape index (κ3) is 8.77. The predicted molar refractivity (Wildman–Crippen MR) is 431 cm³/mol. The summed E-state index contributed by atoms with van der Waals surface area (Å²) in [6.45, 7) is 0. The zero-order valence-electron chi connectivity index (χ0n) is 55.6. The number of furan rings is 1. The first-order chi connectivity index (χ1) is 51.6. The molecule has 0 radical (unpaired) electrons. The van der Waals surface area contributed by atoms with Gasteiger partial charge in [-0.1, -0.05) is 212 Å². The number of pyridine rings is 1. The van der Waals surface area contributed by atoms with Crippen molar-refractivity contribution in [2.24, 2.45) is 0 Å². The highest BCUT2D eigenvalue weighted by Gasteiger charge is 2.27. The number of thiophene rings is 1. The van der Waals surface area contributed by atoms with Crippen molar-refractivity contribution in [3.63, 3.8) is 0 Å². The van der Waals surface area contributed by atoms with Crippen LogP contribution < -0.4 is 0 Å². The van der Waals surface area contributed by atoms with Crippen molar-refractivity contribution in [1.29, 1.82) is 0 Å². The standard InChI is InChI=1S/C49H29N5S.C44H26N4O/c1-2-15-34(16-3-1)53-41-21-9-7-18-36(41)45-37(19-10-22-42(45)53)47-51-48(46-39-27-32(33-14-11-25-50-29-33)23-24-44(39)55-49(46)52-47)54-40-20-8-6-17-35(40)38-26-30-12-4-5-13-31(30)28-43(38)54;1-2-15-29(16-3-1)47-36-22-10-7-18-31(36)40-33(20-12-23-37(40)47)42-45-43(41-32-19-8-11-24-39(32)49-44(41)46-42)48-35-21-9-6-17-30(35)34-25-27-13-4-5-14-28(27)26-38(34)48/h1-29H;1-26H. The number of rotatable bonds is 7. The van der Waals surface area contributed by atoms with Crippen LogP contribution in [0.1, 0.15) is 0 Å². The summed E-state index contributed by atoms with van der Waals surface area (Å²) in [6.07, 6.45) is 3.75. The molecular weight excluding hydrogens is 1290 g/mol. The van der Waals surface area contributed by atoms with Crippen molar-refractivity contribution in [3.8, 4) is 56.9 Å². The number of nitrogens with zero attached hydrogens (tertiary/aromatic N) is 9. The van der Waals surface area contributed by atoms with Crippen LogP contribution in [0.25, 0.3) is 208 Å². The normalized spacial score (nSPS) is 12.0. The Balaban J connectivity index is 0.000000132. The maximum Gasteiger partial charge on any atom is 0.233 e. The van der Waals surface area contributed by atoms with E-state index in [1.807, 2.05) is 36.7 Å². The Morgan fingerprint density at radius 2 is 0.740 bits per heavy atom. The van der Waals surface area contributed by atoms with Gasteiger partial charge in [0.1, 0.15) is 10.4 Å². The lowest BCUT2D eigenvalue weighted by atomic mass is 10.0. The first-order valence-corrected chi connectivity index (χ1v) is 35.8. The Morgan fingerprint density at radius 1 is 0.279 bits per heavy atom. The number of aromatic nitrogens is 9. The van der Waals surface area contributed by atoms with Crippen LogP contribution >= 0.6 is 11.3 Å². The van der Waals surface area contributed by atoms with E-state index < -0.39 is 0 Å². The molecule has 0 spiro atoms. The lowest BCUT2D eigenvalue weighted by Gasteiger charge is -2.13. The molecule has 9 aromatic heterocycles. The third-order valence-corrected chi connectivity index (χ3v) is 22.0. The average Bonchev–Trinajstić information content (AvgIpc) is 1.57. The lowest BCUT2D eigenvalue weighted by molar-refractivity contribution is 0.653. The molecule has 9 heterocycles. The van der Waals surface area contributed by atoms with Crippen molar-refractivity contribution >= 4 is 162 Å². The van der Waals surface area contributed by atoms with Gasteiger partial charge in [0, 0.05) is 99.0 Å². The van der Waals surface area contributed by atoms with Gasteiger partial charge >= 0.3 is 0 Å². The van der Waals surface area contributed by atoms with Gasteiger partial charge in [-0.25, -0.2) is 15.0 Å². The van der Waals surface area contributed by atoms with Gasteiger partial charge in [0.25, 0.3) is 0 Å². The van der Waals surface area contributed by atoms with Crippen molar-refractivity contribution < 1.29 is 4.42 Å². The monoisotopic (exact) mass is 1350 g/mol. The maximum atomic E-state index is 6.55. The Kier molecular flexibility index (Phi) is 12.7. The van der Waals surface area contributed by atoms with Crippen molar-refractivity contribution in [3.05, 3.63) is 334 Å². The maximum absolute atomic E-state index is 6.55. The number of fused-ring (bicyclic) bond motifs is 20. The van der Waals surface area contributed by atoms with Crippen molar-refractivity contribution in [2.45, 2.75) is 0 Å². The molecule has 10 nitrogen and oxygen atoms in total. The van der Waals surface area contributed by atoms with Gasteiger partial charge in [-0.3, -0.25) is 14.1 Å². The molecule has 484 valence electrons. The summed E-state index contributed by atoms with van der Waals surface area (Å²) in [5.74, 6) is 3.00. The molecule has 23 rings (SSSR count). The van der Waals surface area contributed by atoms with Gasteiger partial charge in [0.15, 0.2) is 23.3 Å². The highest BCUT2D eigenvalue weighted by atomic mass is 32.1. The van der Waals surface area contributed by atoms with Crippen molar-refractivity contribution in [2.75, 3.05) is 0 Å². The highest BCUT2D eigenvalue weighted by Crippen LogP contribution is 2.47. The van der Waals surface area contributed by atoms with E-state index in [-0.39, 0.29) is 0 Å². The molecule has 11 heteroatoms. The summed E-state index contributed by atoms with van der Waals surface area (Å²) in [4.78, 5) is 27.3. The molecule has 0 fully saturated rings. The molecule has 0 amide bonds. The Morgan fingerprint density at radius 3 is 1.29 bits per heavy atom. The largest absolute Gasteiger partial charge is 0.437 e. The fourth-order valence-electron chi connectivity index (χ4n) is 16.4. The Labute approximate surface area is 597 Å². The van der Waals surface area contributed by atoms with E-state index in [1.54, 1.807) is 11.3 Å². The average molecular weight is 1350 g/mol. The van der Waals surface area contributed by atoms with Gasteiger partial charge in [0.2, 0.25) is 5.71 Å². The number of para-hydroxylation sites is 7. The van der Waals surface area contributed by atoms with Gasteiger partial charge in [-0.15, -0.1) is 11.3 Å². The van der Waals surface area contributed by atoms with E-state index in [9.17, 15) is 0 Å². The van der Waals surface area contributed by atoms with E-state index >= 15 is 0 Å². The van der Waals surface area contributed by atoms with Crippen LogP contribution in [0.3, 0.4) is 0 Å². The van der Waals surface area contributed by atoms with Crippen LogP contribution in [-0.4, -0.2) is 43.2 Å². The summed E-state index contributed by atoms with van der Waals surface area (Å²) in [5.41, 5.74) is 16.6. The van der Waals surface area contributed by atoms with E-state index in [4.69, 9.17) is 24.4 Å². The third-order valence-electron chi connectivity index (χ3n) is 20.9. The lowest BCUT2D eigenvalue weighted by Crippen LogP contribution is -2.02. The molecule has 0 aliphatic heterocycles. The van der Waals surface area contributed by atoms with Gasteiger partial charge in [-0.05, 0) is 136 Å². The summed E-state index contributed by atoms with van der Waals surface area (Å²) >= 11 is 1.72. The topological polar surface area (TPSA) is 97.3 Å². The Hall–Kier alpha value is -13.9. The summed E-state index contributed by atoms with van der Waals surface area (Å²) in [5, 5.41) is 18.2. The quantitative estimate of drug-likeness (QED) is 0.158. The van der Waals surface area contributed by atoms with Crippen LogP contribution in [0.15, 0.2) is 338 Å². The molecule has 0 bridgehead atoms. The number of hydrogen-bond acceptors (Lipinski definition) is 7. The molecule has 14 aromatic carbocycles. The summed E-state index contributed by atoms with van der Waals surface area (Å²) < 4.78 is 17.1. The van der Waals surface area contributed by atoms with Crippen LogP contribution in [0, 0.1) is 0 Å². The highest BCUT2D eigenvalue weighted by molar-refractivity contribution is 7.25. The van der Waals surface area contributed by atoms with Gasteiger partial charge < -0.3 is 13.6 Å². The van der Waals surface area contributed by atoms with Gasteiger partial charge in [-0.2, -0.15) is 4.98 Å². The first-order valence-electron chi connectivity index (χ1n) is 34.9. The molecule has 0 unspecified atom stereocenters. The van der Waals surface area contributed by atoms with E-state index in [0.717, 1.165) is 138 Å². The smallest absolute Gasteiger partial charge is 0.233 e. The first kappa shape index (κ1) is 58.0. The van der Waals surface area contributed by atoms with E-state index in [0.29, 0.717) is 17.4 Å². The zero-order valence-corrected chi connectivity index (χ0v) is 56.4. The fourth-order valence-corrected chi connectivity index (χ4v) is 17.5. The van der Waals surface area contributed by atoms with E-state index in [1.165, 1.54) is 53.2 Å². The minimum Gasteiger partial charge on any atom is -0.437 e. The van der Waals surface area contributed by atoms with Crippen LogP contribution in [-0.2, 0) is 0 Å². The zero-order chi connectivity index (χ0) is 68.1. The second-order valence-electron chi connectivity index (χ2n) is 26.7. The molecule has 23 aromatic rings. The van der Waals surface area contributed by atoms with E-state index in [2.05, 4.69) is 321 Å². The predicted octanol–water partition coefficient (Wildman–Crippen LogP) is 24.3. The van der Waals surface area contributed by atoms with Crippen molar-refractivity contribution in [1.82, 2.24) is 43.2 Å². The molecule has 0 N–H and O–H groups in total. The van der Waals surface area contributed by atoms with Crippen LogP contribution in [0.5, 0.6) is 0 Å². The van der Waals surface area contributed by atoms with Crippen LogP contribution in [0.4, 0.5) is 0 Å². The molecule has 104 heavy (non-hydrogen) atoms. The summed E-state index contributed by atoms with van der Waals surface area (Å²) in [6, 6.07) is 114. The second kappa shape index (κ2) is 22.8. The molecule has 0 atom stereocenters. The minimum absolute atomic E-state index is 0.566. The number of hydrogen-bond donors (Lipinski definition) is 0. The molecule has 0 aliphatic carbocycles. The number of benzene rings is 14. The molecule has 0 saturated carbocycles. The SMILES string of the molecule is c1ccc(-n2c3ccccc3c3c(-c4nc(-n5c6ccccc6c6cc7ccccc7cc65)c5c(n4)oc4ccccc45)cccc32)cc1.c1ccc(-n2c3ccccc3c3c(-c4nc(-n5c6ccccc6c6cc7ccccc7cc65)c5c(n4)sc4ccc(-c6cccnc6)cc45)cccc32)cc1. The minimum atomic E-state index is 0.566. The van der Waals surface area contributed by atoms with Crippen LogP contribution in [0.2, 0.25) is 0 Å². The van der Waals surface area contributed by atoms with Gasteiger partial charge in [0.05, 0.1) is 54.9 Å². The molecule has 0 saturated heterocycles. The molecular formula is C93H55N9OS. The fraction of sp³-hybridized carbons (Fsp3) is 0. The Bertz CT molecular complexity index is 7490. The second-order valence-corrected chi connectivity index (χ2v) is 27.7. The molecule has 0 aliphatic rings.